The molecular formula is C16H19NO3. The van der Waals surface area contributed by atoms with Crippen molar-refractivity contribution < 1.29 is 10.0 Å². The van der Waals surface area contributed by atoms with E-state index in [0.717, 1.165) is 23.3 Å². The number of phenols is 1. The standard InChI is InChI=1S/C16H19NO3/c18-15-2-1-13(6-14(15)17(19)20)16-7-10-3-11(8-16)5-12(4-10)9-16/h1-2,6,10-12,18H,3-5,7-9H2. The highest BCUT2D eigenvalue weighted by molar-refractivity contribution is 5.50. The summed E-state index contributed by atoms with van der Waals surface area (Å²) in [5.74, 6) is 2.22. The SMILES string of the molecule is O=[N+]([O-])c1cc(C23CC4CC(CC(C4)C2)C3)ccc1O. The molecule has 4 fully saturated rings. The van der Waals surface area contributed by atoms with Gasteiger partial charge < -0.3 is 5.11 Å². The molecule has 0 aliphatic heterocycles. The molecule has 0 radical (unpaired) electrons. The normalized spacial score (nSPS) is 38.1. The van der Waals surface area contributed by atoms with Gasteiger partial charge in [0, 0.05) is 6.07 Å². The van der Waals surface area contributed by atoms with Gasteiger partial charge in [0.05, 0.1) is 4.92 Å². The van der Waals surface area contributed by atoms with Crippen LogP contribution < -0.4 is 0 Å². The summed E-state index contributed by atoms with van der Waals surface area (Å²) < 4.78 is 0. The Balaban J connectivity index is 1.77. The first kappa shape index (κ1) is 12.2. The summed E-state index contributed by atoms with van der Waals surface area (Å²) in [6, 6.07) is 5.05. The maximum absolute atomic E-state index is 11.0. The van der Waals surface area contributed by atoms with Gasteiger partial charge in [-0.2, -0.15) is 0 Å². The summed E-state index contributed by atoms with van der Waals surface area (Å²) in [6.07, 6.45) is 7.63. The highest BCUT2D eigenvalue weighted by Crippen LogP contribution is 2.61. The minimum absolute atomic E-state index is 0.141. The third-order valence-electron chi connectivity index (χ3n) is 5.82. The average Bonchev–Trinajstić information content (AvgIpc) is 2.37. The molecule has 0 aromatic heterocycles. The lowest BCUT2D eigenvalue weighted by atomic mass is 9.48. The first-order valence-electron chi connectivity index (χ1n) is 7.54. The van der Waals surface area contributed by atoms with Gasteiger partial charge in [0.2, 0.25) is 0 Å². The Morgan fingerprint density at radius 3 is 2.15 bits per heavy atom. The molecule has 0 spiro atoms. The molecule has 0 amide bonds. The van der Waals surface area contributed by atoms with Gasteiger partial charge in [0.15, 0.2) is 5.75 Å². The molecule has 5 rings (SSSR count). The van der Waals surface area contributed by atoms with Crippen molar-refractivity contribution in [2.75, 3.05) is 0 Å². The molecule has 4 nitrogen and oxygen atoms in total. The second kappa shape index (κ2) is 3.96. The van der Waals surface area contributed by atoms with E-state index in [0.29, 0.717) is 0 Å². The Labute approximate surface area is 118 Å². The van der Waals surface area contributed by atoms with Gasteiger partial charge >= 0.3 is 5.69 Å². The molecule has 106 valence electrons. The highest BCUT2D eigenvalue weighted by atomic mass is 16.6. The third-order valence-corrected chi connectivity index (χ3v) is 5.82. The second-order valence-corrected chi connectivity index (χ2v) is 7.16. The van der Waals surface area contributed by atoms with Crippen LogP contribution in [0, 0.1) is 27.9 Å². The number of rotatable bonds is 2. The number of nitro benzene ring substituents is 1. The summed E-state index contributed by atoms with van der Waals surface area (Å²) in [7, 11) is 0. The largest absolute Gasteiger partial charge is 0.502 e. The summed E-state index contributed by atoms with van der Waals surface area (Å²) >= 11 is 0. The lowest BCUT2D eigenvalue weighted by molar-refractivity contribution is -0.386. The van der Waals surface area contributed by atoms with E-state index >= 15 is 0 Å². The van der Waals surface area contributed by atoms with Crippen LogP contribution in [0.15, 0.2) is 18.2 Å². The van der Waals surface area contributed by atoms with Gasteiger partial charge in [-0.3, -0.25) is 10.1 Å². The van der Waals surface area contributed by atoms with E-state index in [1.807, 2.05) is 6.07 Å². The smallest absolute Gasteiger partial charge is 0.310 e. The Hall–Kier alpha value is -1.58. The zero-order valence-electron chi connectivity index (χ0n) is 11.4. The van der Waals surface area contributed by atoms with Gasteiger partial charge in [0.1, 0.15) is 0 Å². The van der Waals surface area contributed by atoms with Crippen molar-refractivity contribution in [3.8, 4) is 5.75 Å². The highest BCUT2D eigenvalue weighted by Gasteiger charge is 2.51. The molecule has 1 aromatic rings. The summed E-state index contributed by atoms with van der Waals surface area (Å²) in [6.45, 7) is 0. The van der Waals surface area contributed by atoms with Crippen LogP contribution >= 0.6 is 0 Å². The Kier molecular flexibility index (Phi) is 2.41. The van der Waals surface area contributed by atoms with Crippen LogP contribution in [0.2, 0.25) is 0 Å². The van der Waals surface area contributed by atoms with E-state index in [-0.39, 0.29) is 16.9 Å². The molecule has 1 N–H and O–H groups in total. The minimum atomic E-state index is -0.473. The van der Waals surface area contributed by atoms with Crippen LogP contribution in [0.25, 0.3) is 0 Å². The summed E-state index contributed by atoms with van der Waals surface area (Å²) in [5, 5.41) is 20.7. The molecule has 4 aliphatic carbocycles. The van der Waals surface area contributed by atoms with Crippen molar-refractivity contribution >= 4 is 5.69 Å². The molecular weight excluding hydrogens is 254 g/mol. The van der Waals surface area contributed by atoms with Crippen LogP contribution in [-0.4, -0.2) is 10.0 Å². The van der Waals surface area contributed by atoms with Gasteiger partial charge in [-0.25, -0.2) is 0 Å². The third kappa shape index (κ3) is 1.67. The maximum Gasteiger partial charge on any atom is 0.310 e. The lowest BCUT2D eigenvalue weighted by Crippen LogP contribution is -2.48. The first-order chi connectivity index (χ1) is 9.56. The minimum Gasteiger partial charge on any atom is -0.502 e. The number of nitrogens with zero attached hydrogens (tertiary/aromatic N) is 1. The fourth-order valence-electron chi connectivity index (χ4n) is 5.46. The molecule has 0 atom stereocenters. The summed E-state index contributed by atoms with van der Waals surface area (Å²) in [4.78, 5) is 10.6. The van der Waals surface area contributed by atoms with E-state index in [4.69, 9.17) is 0 Å². The molecule has 4 bridgehead atoms. The van der Waals surface area contributed by atoms with Gasteiger partial charge in [-0.05, 0) is 73.3 Å². The fourth-order valence-corrected chi connectivity index (χ4v) is 5.46. The molecule has 0 saturated heterocycles. The molecule has 0 heterocycles. The van der Waals surface area contributed by atoms with Crippen molar-refractivity contribution in [1.82, 2.24) is 0 Å². The number of hydrogen-bond donors (Lipinski definition) is 1. The van der Waals surface area contributed by atoms with Crippen molar-refractivity contribution in [3.05, 3.63) is 33.9 Å². The van der Waals surface area contributed by atoms with E-state index in [9.17, 15) is 15.2 Å². The average molecular weight is 273 g/mol. The van der Waals surface area contributed by atoms with Crippen LogP contribution in [0.1, 0.15) is 44.1 Å². The van der Waals surface area contributed by atoms with Crippen molar-refractivity contribution in [2.24, 2.45) is 17.8 Å². The lowest BCUT2D eigenvalue weighted by Gasteiger charge is -2.57. The van der Waals surface area contributed by atoms with Crippen molar-refractivity contribution in [2.45, 2.75) is 43.9 Å². The fraction of sp³-hybridized carbons (Fsp3) is 0.625. The topological polar surface area (TPSA) is 63.4 Å². The Morgan fingerprint density at radius 2 is 1.65 bits per heavy atom. The number of aromatic hydroxyl groups is 1. The monoisotopic (exact) mass is 273 g/mol. The van der Waals surface area contributed by atoms with Crippen LogP contribution in [0.3, 0.4) is 0 Å². The number of phenolic OH excluding ortho intramolecular Hbond substituents is 1. The molecule has 4 heteroatoms. The van der Waals surface area contributed by atoms with Crippen molar-refractivity contribution in [3.63, 3.8) is 0 Å². The predicted molar refractivity (Wildman–Crippen MR) is 74.6 cm³/mol. The van der Waals surface area contributed by atoms with E-state index in [1.54, 1.807) is 6.07 Å². The number of benzene rings is 1. The van der Waals surface area contributed by atoms with Crippen LogP contribution in [0.5, 0.6) is 5.75 Å². The molecule has 1 aromatic carbocycles. The molecule has 4 saturated carbocycles. The van der Waals surface area contributed by atoms with E-state index < -0.39 is 4.92 Å². The van der Waals surface area contributed by atoms with Crippen molar-refractivity contribution in [1.29, 1.82) is 0 Å². The summed E-state index contributed by atoms with van der Waals surface area (Å²) in [5.41, 5.74) is 1.09. The molecule has 20 heavy (non-hydrogen) atoms. The maximum atomic E-state index is 11.0. The van der Waals surface area contributed by atoms with Gasteiger partial charge in [-0.15, -0.1) is 0 Å². The van der Waals surface area contributed by atoms with E-state index in [1.165, 1.54) is 44.6 Å². The first-order valence-corrected chi connectivity index (χ1v) is 7.54. The molecule has 4 aliphatic rings. The van der Waals surface area contributed by atoms with Gasteiger partial charge in [0.25, 0.3) is 0 Å². The molecule has 0 unspecified atom stereocenters. The van der Waals surface area contributed by atoms with Crippen LogP contribution in [-0.2, 0) is 5.41 Å². The zero-order valence-corrected chi connectivity index (χ0v) is 11.4. The second-order valence-electron chi connectivity index (χ2n) is 7.16. The van der Waals surface area contributed by atoms with Gasteiger partial charge in [-0.1, -0.05) is 6.07 Å². The quantitative estimate of drug-likeness (QED) is 0.659. The van der Waals surface area contributed by atoms with Crippen LogP contribution in [0.4, 0.5) is 5.69 Å². The van der Waals surface area contributed by atoms with E-state index in [2.05, 4.69) is 0 Å². The Bertz CT molecular complexity index is 546. The number of hydrogen-bond acceptors (Lipinski definition) is 3. The zero-order chi connectivity index (χ0) is 13.9. The number of nitro groups is 1. The Morgan fingerprint density at radius 1 is 1.10 bits per heavy atom. The predicted octanol–water partition coefficient (Wildman–Crippen LogP) is 3.77.